The molecule has 1 heterocycles. The molecule has 0 aliphatic carbocycles. The van der Waals surface area contributed by atoms with Gasteiger partial charge in [-0.3, -0.25) is 0 Å². The standard InChI is InChI=1S/C16H20FN3/c1-5-8-18-16-15(19-11(3)12(4)20-16)14-9-13(17)7-6-10(14)2/h6-7,9H,5,8H2,1-4H3,(H,18,20). The first kappa shape index (κ1) is 14.4. The summed E-state index contributed by atoms with van der Waals surface area (Å²) >= 11 is 0. The summed E-state index contributed by atoms with van der Waals surface area (Å²) in [6, 6.07) is 4.75. The van der Waals surface area contributed by atoms with Gasteiger partial charge in [-0.2, -0.15) is 0 Å². The van der Waals surface area contributed by atoms with Crippen LogP contribution in [0.2, 0.25) is 0 Å². The Morgan fingerprint density at radius 3 is 2.50 bits per heavy atom. The minimum absolute atomic E-state index is 0.257. The van der Waals surface area contributed by atoms with Crippen LogP contribution in [0.4, 0.5) is 10.2 Å². The summed E-state index contributed by atoms with van der Waals surface area (Å²) in [6.07, 6.45) is 0.996. The lowest BCUT2D eigenvalue weighted by Gasteiger charge is -2.14. The van der Waals surface area contributed by atoms with E-state index in [0.29, 0.717) is 0 Å². The van der Waals surface area contributed by atoms with Crippen molar-refractivity contribution in [3.8, 4) is 11.3 Å². The van der Waals surface area contributed by atoms with Gasteiger partial charge in [-0.25, -0.2) is 14.4 Å². The number of nitrogens with one attached hydrogen (secondary N) is 1. The number of anilines is 1. The Balaban J connectivity index is 2.58. The lowest BCUT2D eigenvalue weighted by Crippen LogP contribution is -2.08. The van der Waals surface area contributed by atoms with Gasteiger partial charge in [0, 0.05) is 12.1 Å². The maximum atomic E-state index is 13.5. The van der Waals surface area contributed by atoms with Gasteiger partial charge < -0.3 is 5.32 Å². The highest BCUT2D eigenvalue weighted by atomic mass is 19.1. The van der Waals surface area contributed by atoms with Gasteiger partial charge in [-0.1, -0.05) is 13.0 Å². The van der Waals surface area contributed by atoms with Gasteiger partial charge in [-0.15, -0.1) is 0 Å². The summed E-state index contributed by atoms with van der Waals surface area (Å²) < 4.78 is 13.5. The van der Waals surface area contributed by atoms with E-state index in [-0.39, 0.29) is 5.82 Å². The van der Waals surface area contributed by atoms with E-state index in [1.54, 1.807) is 6.07 Å². The number of halogens is 1. The topological polar surface area (TPSA) is 37.8 Å². The van der Waals surface area contributed by atoms with E-state index < -0.39 is 0 Å². The molecule has 0 spiro atoms. The van der Waals surface area contributed by atoms with Gasteiger partial charge in [0.2, 0.25) is 0 Å². The fraction of sp³-hybridized carbons (Fsp3) is 0.375. The summed E-state index contributed by atoms with van der Waals surface area (Å²) in [5, 5.41) is 3.28. The highest BCUT2D eigenvalue weighted by Crippen LogP contribution is 2.29. The van der Waals surface area contributed by atoms with E-state index in [1.165, 1.54) is 12.1 Å². The zero-order chi connectivity index (χ0) is 14.7. The third-order valence-electron chi connectivity index (χ3n) is 3.30. The second-order valence-electron chi connectivity index (χ2n) is 4.98. The first-order chi connectivity index (χ1) is 9.52. The van der Waals surface area contributed by atoms with E-state index in [9.17, 15) is 4.39 Å². The molecule has 0 radical (unpaired) electrons. The quantitative estimate of drug-likeness (QED) is 0.914. The molecule has 0 aliphatic rings. The van der Waals surface area contributed by atoms with Crippen LogP contribution in [0.15, 0.2) is 18.2 Å². The van der Waals surface area contributed by atoms with Crippen molar-refractivity contribution in [1.82, 2.24) is 9.97 Å². The van der Waals surface area contributed by atoms with Crippen LogP contribution in [0.3, 0.4) is 0 Å². The Kier molecular flexibility index (Phi) is 4.32. The van der Waals surface area contributed by atoms with Crippen LogP contribution in [0, 0.1) is 26.6 Å². The first-order valence-corrected chi connectivity index (χ1v) is 6.88. The van der Waals surface area contributed by atoms with E-state index in [0.717, 1.165) is 47.0 Å². The van der Waals surface area contributed by atoms with E-state index in [4.69, 9.17) is 0 Å². The molecule has 20 heavy (non-hydrogen) atoms. The van der Waals surface area contributed by atoms with E-state index in [1.807, 2.05) is 20.8 Å². The summed E-state index contributed by atoms with van der Waals surface area (Å²) in [4.78, 5) is 9.17. The zero-order valence-electron chi connectivity index (χ0n) is 12.4. The molecule has 2 rings (SSSR count). The fourth-order valence-electron chi connectivity index (χ4n) is 2.01. The maximum Gasteiger partial charge on any atom is 0.152 e. The molecule has 0 unspecified atom stereocenters. The Labute approximate surface area is 119 Å². The first-order valence-electron chi connectivity index (χ1n) is 6.88. The van der Waals surface area contributed by atoms with Crippen molar-refractivity contribution in [3.05, 3.63) is 41.0 Å². The maximum absolute atomic E-state index is 13.5. The van der Waals surface area contributed by atoms with Gasteiger partial charge in [0.05, 0.1) is 11.4 Å². The number of aryl methyl sites for hydroxylation is 3. The molecule has 0 saturated heterocycles. The molecule has 0 aliphatic heterocycles. The average Bonchev–Trinajstić information content (AvgIpc) is 2.42. The Morgan fingerprint density at radius 2 is 1.80 bits per heavy atom. The predicted octanol–water partition coefficient (Wildman–Crippen LogP) is 4.03. The molecule has 0 amide bonds. The predicted molar refractivity (Wildman–Crippen MR) is 80.4 cm³/mol. The van der Waals surface area contributed by atoms with E-state index >= 15 is 0 Å². The molecular formula is C16H20FN3. The third kappa shape index (κ3) is 2.95. The molecule has 0 bridgehead atoms. The van der Waals surface area contributed by atoms with Crippen molar-refractivity contribution in [2.45, 2.75) is 34.1 Å². The minimum Gasteiger partial charge on any atom is -0.368 e. The van der Waals surface area contributed by atoms with Crippen LogP contribution in [-0.2, 0) is 0 Å². The number of hydrogen-bond donors (Lipinski definition) is 1. The second kappa shape index (κ2) is 5.99. The largest absolute Gasteiger partial charge is 0.368 e. The minimum atomic E-state index is -0.257. The van der Waals surface area contributed by atoms with Crippen LogP contribution < -0.4 is 5.32 Å². The Bertz CT molecular complexity index is 623. The van der Waals surface area contributed by atoms with Crippen LogP contribution in [0.25, 0.3) is 11.3 Å². The smallest absolute Gasteiger partial charge is 0.152 e. The number of benzene rings is 1. The summed E-state index contributed by atoms with van der Waals surface area (Å²) in [5.74, 6) is 0.468. The number of hydrogen-bond acceptors (Lipinski definition) is 3. The van der Waals surface area contributed by atoms with Crippen LogP contribution >= 0.6 is 0 Å². The molecular weight excluding hydrogens is 253 g/mol. The highest BCUT2D eigenvalue weighted by Gasteiger charge is 2.13. The Morgan fingerprint density at radius 1 is 1.10 bits per heavy atom. The number of nitrogens with zero attached hydrogens (tertiary/aromatic N) is 2. The monoisotopic (exact) mass is 273 g/mol. The fourth-order valence-corrected chi connectivity index (χ4v) is 2.01. The molecule has 0 fully saturated rings. The lowest BCUT2D eigenvalue weighted by molar-refractivity contribution is 0.628. The summed E-state index contributed by atoms with van der Waals surface area (Å²) in [7, 11) is 0. The van der Waals surface area contributed by atoms with Gasteiger partial charge in [0.1, 0.15) is 11.5 Å². The van der Waals surface area contributed by atoms with Crippen molar-refractivity contribution >= 4 is 5.82 Å². The summed E-state index contributed by atoms with van der Waals surface area (Å²) in [5.41, 5.74) is 4.26. The van der Waals surface area contributed by atoms with Crippen molar-refractivity contribution in [2.75, 3.05) is 11.9 Å². The van der Waals surface area contributed by atoms with Gasteiger partial charge >= 0.3 is 0 Å². The molecule has 1 N–H and O–H groups in total. The summed E-state index contributed by atoms with van der Waals surface area (Å²) in [6.45, 7) is 8.72. The second-order valence-corrected chi connectivity index (χ2v) is 4.98. The zero-order valence-corrected chi connectivity index (χ0v) is 12.4. The van der Waals surface area contributed by atoms with Gasteiger partial charge in [0.15, 0.2) is 5.82 Å². The Hall–Kier alpha value is -1.97. The molecule has 1 aromatic carbocycles. The van der Waals surface area contributed by atoms with Crippen LogP contribution in [0.5, 0.6) is 0 Å². The number of rotatable bonds is 4. The van der Waals surface area contributed by atoms with E-state index in [2.05, 4.69) is 22.2 Å². The van der Waals surface area contributed by atoms with Crippen LogP contribution in [0.1, 0.15) is 30.3 Å². The van der Waals surface area contributed by atoms with Gasteiger partial charge in [-0.05, 0) is 44.9 Å². The highest BCUT2D eigenvalue weighted by molar-refractivity contribution is 5.74. The third-order valence-corrected chi connectivity index (χ3v) is 3.30. The molecule has 0 saturated carbocycles. The molecule has 106 valence electrons. The van der Waals surface area contributed by atoms with Gasteiger partial charge in [0.25, 0.3) is 0 Å². The molecule has 3 nitrogen and oxygen atoms in total. The molecule has 0 atom stereocenters. The molecule has 2 aromatic rings. The normalized spacial score (nSPS) is 10.7. The average molecular weight is 273 g/mol. The van der Waals surface area contributed by atoms with Crippen LogP contribution in [-0.4, -0.2) is 16.5 Å². The van der Waals surface area contributed by atoms with Crippen molar-refractivity contribution < 1.29 is 4.39 Å². The lowest BCUT2D eigenvalue weighted by atomic mass is 10.0. The SMILES string of the molecule is CCCNc1nc(C)c(C)nc1-c1cc(F)ccc1C. The van der Waals surface area contributed by atoms with Crippen molar-refractivity contribution in [3.63, 3.8) is 0 Å². The van der Waals surface area contributed by atoms with Crippen molar-refractivity contribution in [1.29, 1.82) is 0 Å². The number of aromatic nitrogens is 2. The van der Waals surface area contributed by atoms with Crippen molar-refractivity contribution in [2.24, 2.45) is 0 Å². The molecule has 1 aromatic heterocycles. The molecule has 4 heteroatoms.